The van der Waals surface area contributed by atoms with Crippen molar-refractivity contribution in [3.63, 3.8) is 0 Å². The van der Waals surface area contributed by atoms with Crippen LogP contribution in [0.4, 0.5) is 14.5 Å². The Labute approximate surface area is 102 Å². The Kier molecular flexibility index (Phi) is 2.50. The fourth-order valence-corrected chi connectivity index (χ4v) is 2.24. The van der Waals surface area contributed by atoms with Crippen molar-refractivity contribution in [3.05, 3.63) is 29.6 Å². The van der Waals surface area contributed by atoms with Gasteiger partial charge in [0.1, 0.15) is 17.5 Å². The Balaban J connectivity index is 2.15. The fraction of sp³-hybridized carbons (Fsp3) is 0.333. The molecule has 0 saturated carbocycles. The van der Waals surface area contributed by atoms with Crippen LogP contribution < -0.4 is 5.73 Å². The largest absolute Gasteiger partial charge is 0.396 e. The summed E-state index contributed by atoms with van der Waals surface area (Å²) in [6.45, 7) is 0.758. The fourth-order valence-electron chi connectivity index (χ4n) is 2.24. The molecule has 2 heterocycles. The van der Waals surface area contributed by atoms with Crippen molar-refractivity contribution >= 4 is 5.69 Å². The molecule has 0 atom stereocenters. The lowest BCUT2D eigenvalue weighted by Crippen LogP contribution is -2.12. The number of hydrogen-bond acceptors (Lipinski definition) is 3. The number of aromatic nitrogens is 3. The van der Waals surface area contributed by atoms with Crippen molar-refractivity contribution < 1.29 is 8.78 Å². The second kappa shape index (κ2) is 4.04. The Hall–Kier alpha value is -1.98. The van der Waals surface area contributed by atoms with E-state index in [1.165, 1.54) is 6.07 Å². The molecule has 6 heteroatoms. The normalized spacial score (nSPS) is 14.6. The summed E-state index contributed by atoms with van der Waals surface area (Å²) in [5.74, 6) is -0.149. The van der Waals surface area contributed by atoms with Gasteiger partial charge >= 0.3 is 0 Å². The monoisotopic (exact) mass is 250 g/mol. The molecule has 0 spiro atoms. The molecule has 0 saturated heterocycles. The van der Waals surface area contributed by atoms with Crippen LogP contribution in [0.25, 0.3) is 11.4 Å². The van der Waals surface area contributed by atoms with E-state index in [9.17, 15) is 8.78 Å². The first kappa shape index (κ1) is 11.1. The van der Waals surface area contributed by atoms with Gasteiger partial charge in [-0.2, -0.15) is 0 Å². The van der Waals surface area contributed by atoms with Crippen molar-refractivity contribution in [1.29, 1.82) is 0 Å². The van der Waals surface area contributed by atoms with E-state index in [-0.39, 0.29) is 11.3 Å². The summed E-state index contributed by atoms with van der Waals surface area (Å²) in [6, 6.07) is 2.06. The van der Waals surface area contributed by atoms with E-state index in [2.05, 4.69) is 10.2 Å². The molecule has 0 bridgehead atoms. The molecule has 3 rings (SSSR count). The van der Waals surface area contributed by atoms with Crippen molar-refractivity contribution in [1.82, 2.24) is 14.8 Å². The first-order valence-electron chi connectivity index (χ1n) is 5.84. The molecule has 2 N–H and O–H groups in total. The van der Waals surface area contributed by atoms with E-state index in [0.29, 0.717) is 5.82 Å². The lowest BCUT2D eigenvalue weighted by molar-refractivity contribution is 0.524. The number of nitrogens with zero attached hydrogens (tertiary/aromatic N) is 3. The van der Waals surface area contributed by atoms with Crippen LogP contribution >= 0.6 is 0 Å². The summed E-state index contributed by atoms with van der Waals surface area (Å²) in [7, 11) is 0. The van der Waals surface area contributed by atoms with Gasteiger partial charge in [-0.3, -0.25) is 0 Å². The summed E-state index contributed by atoms with van der Waals surface area (Å²) in [6.07, 6.45) is 2.91. The average molecular weight is 250 g/mol. The van der Waals surface area contributed by atoms with Crippen LogP contribution in [0.5, 0.6) is 0 Å². The van der Waals surface area contributed by atoms with Crippen molar-refractivity contribution in [3.8, 4) is 11.4 Å². The maximum atomic E-state index is 13.8. The number of halogens is 2. The van der Waals surface area contributed by atoms with Crippen LogP contribution in [-0.4, -0.2) is 14.8 Å². The summed E-state index contributed by atoms with van der Waals surface area (Å²) in [5, 5.41) is 8.03. The first-order chi connectivity index (χ1) is 8.66. The molecule has 0 fully saturated rings. The number of nitrogens with two attached hydrogens (primary N) is 1. The van der Waals surface area contributed by atoms with E-state index >= 15 is 0 Å². The van der Waals surface area contributed by atoms with Crippen LogP contribution in [0.15, 0.2) is 12.1 Å². The predicted molar refractivity (Wildman–Crippen MR) is 62.7 cm³/mol. The van der Waals surface area contributed by atoms with Crippen molar-refractivity contribution in [2.45, 2.75) is 25.8 Å². The second-order valence-electron chi connectivity index (χ2n) is 4.40. The highest BCUT2D eigenvalue weighted by atomic mass is 19.1. The molecule has 18 heavy (non-hydrogen) atoms. The van der Waals surface area contributed by atoms with Gasteiger partial charge in [-0.15, -0.1) is 10.2 Å². The van der Waals surface area contributed by atoms with Crippen molar-refractivity contribution in [2.75, 3.05) is 5.73 Å². The number of aryl methyl sites for hydroxylation is 1. The minimum Gasteiger partial charge on any atom is -0.396 e. The number of anilines is 1. The van der Waals surface area contributed by atoms with E-state index in [0.717, 1.165) is 37.7 Å². The Morgan fingerprint density at radius 2 is 1.94 bits per heavy atom. The third kappa shape index (κ3) is 1.64. The van der Waals surface area contributed by atoms with Crippen LogP contribution in [0.2, 0.25) is 0 Å². The Bertz CT molecular complexity index is 606. The summed E-state index contributed by atoms with van der Waals surface area (Å²) >= 11 is 0. The van der Waals surface area contributed by atoms with Gasteiger partial charge in [0.2, 0.25) is 0 Å². The third-order valence-corrected chi connectivity index (χ3v) is 3.19. The molecule has 1 aromatic carbocycles. The van der Waals surface area contributed by atoms with Gasteiger partial charge in [0.25, 0.3) is 0 Å². The van der Waals surface area contributed by atoms with Gasteiger partial charge in [-0.05, 0) is 18.9 Å². The second-order valence-corrected chi connectivity index (χ2v) is 4.40. The molecule has 0 unspecified atom stereocenters. The van der Waals surface area contributed by atoms with Gasteiger partial charge in [0, 0.05) is 19.0 Å². The van der Waals surface area contributed by atoms with E-state index in [4.69, 9.17) is 5.73 Å². The summed E-state index contributed by atoms with van der Waals surface area (Å²) in [4.78, 5) is 0. The number of rotatable bonds is 1. The molecule has 2 aromatic rings. The zero-order valence-corrected chi connectivity index (χ0v) is 9.66. The van der Waals surface area contributed by atoms with E-state index in [1.807, 2.05) is 4.57 Å². The highest BCUT2D eigenvalue weighted by molar-refractivity contribution is 5.62. The van der Waals surface area contributed by atoms with E-state index < -0.39 is 11.6 Å². The standard InChI is InChI=1S/C12H12F2N4/c13-8-6-9(14)10(15)5-7(8)12-17-16-11-3-1-2-4-18(11)12/h5-6H,1-4,15H2. The molecule has 0 aliphatic carbocycles. The molecule has 0 amide bonds. The van der Waals surface area contributed by atoms with Crippen LogP contribution in [0, 0.1) is 11.6 Å². The van der Waals surface area contributed by atoms with Gasteiger partial charge in [-0.1, -0.05) is 0 Å². The lowest BCUT2D eigenvalue weighted by atomic mass is 10.1. The highest BCUT2D eigenvalue weighted by Gasteiger charge is 2.20. The SMILES string of the molecule is Nc1cc(-c2nnc3n2CCCC3)c(F)cc1F. The summed E-state index contributed by atoms with van der Waals surface area (Å²) < 4.78 is 28.8. The van der Waals surface area contributed by atoms with Gasteiger partial charge in [0.05, 0.1) is 11.3 Å². The highest BCUT2D eigenvalue weighted by Crippen LogP contribution is 2.28. The van der Waals surface area contributed by atoms with E-state index in [1.54, 1.807) is 0 Å². The zero-order chi connectivity index (χ0) is 12.7. The Morgan fingerprint density at radius 3 is 2.78 bits per heavy atom. The molecule has 1 aliphatic rings. The van der Waals surface area contributed by atoms with Crippen LogP contribution in [0.1, 0.15) is 18.7 Å². The van der Waals surface area contributed by atoms with Crippen LogP contribution in [0.3, 0.4) is 0 Å². The average Bonchev–Trinajstić information content (AvgIpc) is 2.78. The minimum atomic E-state index is -0.755. The van der Waals surface area contributed by atoms with Gasteiger partial charge in [0.15, 0.2) is 5.82 Å². The van der Waals surface area contributed by atoms with Gasteiger partial charge < -0.3 is 10.3 Å². The Morgan fingerprint density at radius 1 is 1.11 bits per heavy atom. The quantitative estimate of drug-likeness (QED) is 0.789. The lowest BCUT2D eigenvalue weighted by Gasteiger charge is -2.15. The van der Waals surface area contributed by atoms with Crippen LogP contribution in [-0.2, 0) is 13.0 Å². The first-order valence-corrected chi connectivity index (χ1v) is 5.84. The zero-order valence-electron chi connectivity index (χ0n) is 9.66. The summed E-state index contributed by atoms with van der Waals surface area (Å²) in [5.41, 5.74) is 5.59. The smallest absolute Gasteiger partial charge is 0.167 e. The maximum Gasteiger partial charge on any atom is 0.167 e. The molecule has 0 radical (unpaired) electrons. The molecule has 94 valence electrons. The molecule has 4 nitrogen and oxygen atoms in total. The van der Waals surface area contributed by atoms with Gasteiger partial charge in [-0.25, -0.2) is 8.78 Å². The maximum absolute atomic E-state index is 13.8. The molecular formula is C12H12F2N4. The minimum absolute atomic E-state index is 0.0837. The third-order valence-electron chi connectivity index (χ3n) is 3.19. The molecule has 1 aliphatic heterocycles. The molecule has 1 aromatic heterocycles. The number of nitrogen functional groups attached to an aromatic ring is 1. The van der Waals surface area contributed by atoms with Crippen molar-refractivity contribution in [2.24, 2.45) is 0 Å². The number of benzene rings is 1. The molecular weight excluding hydrogens is 238 g/mol. The topological polar surface area (TPSA) is 56.7 Å². The predicted octanol–water partition coefficient (Wildman–Crippen LogP) is 2.14. The number of hydrogen-bond donors (Lipinski definition) is 1. The number of fused-ring (bicyclic) bond motifs is 1.